The molecule has 2 N–H and O–H groups in total. The van der Waals surface area contributed by atoms with Crippen molar-refractivity contribution in [3.8, 4) is 0 Å². The average molecular weight is 362 g/mol. The zero-order valence-corrected chi connectivity index (χ0v) is 15.2. The van der Waals surface area contributed by atoms with Gasteiger partial charge in [0.1, 0.15) is 6.04 Å². The molecule has 2 rings (SSSR count). The molecule has 0 aromatic heterocycles. The highest BCUT2D eigenvalue weighted by Gasteiger charge is 2.31. The molecule has 0 aliphatic carbocycles. The lowest BCUT2D eigenvalue weighted by Crippen LogP contribution is -2.49. The molecule has 1 aromatic rings. The molecule has 26 heavy (non-hydrogen) atoms. The van der Waals surface area contributed by atoms with Crippen LogP contribution in [-0.4, -0.2) is 60.6 Å². The zero-order chi connectivity index (χ0) is 19.1. The summed E-state index contributed by atoms with van der Waals surface area (Å²) in [5.41, 5.74) is 1.67. The molecule has 1 aliphatic heterocycles. The van der Waals surface area contributed by atoms with E-state index in [0.717, 1.165) is 5.56 Å². The van der Waals surface area contributed by atoms with Crippen LogP contribution >= 0.6 is 0 Å². The number of amides is 2. The Kier molecular flexibility index (Phi) is 7.15. The van der Waals surface area contributed by atoms with Gasteiger partial charge in [0.25, 0.3) is 5.91 Å². The van der Waals surface area contributed by atoms with Crippen molar-refractivity contribution in [2.45, 2.75) is 32.2 Å². The quantitative estimate of drug-likeness (QED) is 0.765. The Labute approximate surface area is 153 Å². The number of carboxylic acids is 1. The summed E-state index contributed by atoms with van der Waals surface area (Å²) < 4.78 is 4.89. The molecular formula is C19H26N2O5. The van der Waals surface area contributed by atoms with Gasteiger partial charge in [0.15, 0.2) is 0 Å². The molecular weight excluding hydrogens is 336 g/mol. The summed E-state index contributed by atoms with van der Waals surface area (Å²) in [6.45, 7) is 3.11. The van der Waals surface area contributed by atoms with E-state index in [1.807, 2.05) is 19.1 Å². The van der Waals surface area contributed by atoms with E-state index in [1.165, 1.54) is 7.11 Å². The molecule has 1 aliphatic rings. The van der Waals surface area contributed by atoms with Crippen LogP contribution in [0.5, 0.6) is 0 Å². The third kappa shape index (κ3) is 5.29. The SMILES string of the molecule is COCCC(NC(=O)C1CCCN(C(=O)c2ccc(C)cc2)C1)C(=O)O. The maximum absolute atomic E-state index is 12.6. The van der Waals surface area contributed by atoms with E-state index in [1.54, 1.807) is 17.0 Å². The Morgan fingerprint density at radius 1 is 1.31 bits per heavy atom. The van der Waals surface area contributed by atoms with E-state index in [2.05, 4.69) is 5.32 Å². The van der Waals surface area contributed by atoms with Gasteiger partial charge in [0.05, 0.1) is 5.92 Å². The first kappa shape index (κ1) is 19.9. The van der Waals surface area contributed by atoms with Crippen LogP contribution in [0.15, 0.2) is 24.3 Å². The molecule has 0 spiro atoms. The second kappa shape index (κ2) is 9.33. The summed E-state index contributed by atoms with van der Waals surface area (Å²) in [5, 5.41) is 11.8. The van der Waals surface area contributed by atoms with Crippen molar-refractivity contribution in [3.05, 3.63) is 35.4 Å². The first-order chi connectivity index (χ1) is 12.4. The number of carbonyl (C=O) groups excluding carboxylic acids is 2. The predicted molar refractivity (Wildman–Crippen MR) is 95.9 cm³/mol. The summed E-state index contributed by atoms with van der Waals surface area (Å²) in [4.78, 5) is 38.1. The smallest absolute Gasteiger partial charge is 0.326 e. The van der Waals surface area contributed by atoms with Crippen LogP contribution in [0.25, 0.3) is 0 Å². The lowest BCUT2D eigenvalue weighted by molar-refractivity contribution is -0.143. The number of nitrogens with one attached hydrogen (secondary N) is 1. The van der Waals surface area contributed by atoms with Crippen LogP contribution in [0.3, 0.4) is 0 Å². The highest BCUT2D eigenvalue weighted by atomic mass is 16.5. The van der Waals surface area contributed by atoms with E-state index in [9.17, 15) is 19.5 Å². The number of piperidine rings is 1. The van der Waals surface area contributed by atoms with Crippen LogP contribution in [0.1, 0.15) is 35.2 Å². The summed E-state index contributed by atoms with van der Waals surface area (Å²) >= 11 is 0. The number of rotatable bonds is 7. The number of benzene rings is 1. The molecule has 1 fully saturated rings. The number of carbonyl (C=O) groups is 3. The first-order valence-electron chi connectivity index (χ1n) is 8.80. The molecule has 2 amide bonds. The van der Waals surface area contributed by atoms with Gasteiger partial charge in [-0.1, -0.05) is 17.7 Å². The van der Waals surface area contributed by atoms with Gasteiger partial charge in [-0.15, -0.1) is 0 Å². The number of hydrogen-bond acceptors (Lipinski definition) is 4. The Bertz CT molecular complexity index is 644. The van der Waals surface area contributed by atoms with Crippen molar-refractivity contribution in [2.24, 2.45) is 5.92 Å². The molecule has 0 bridgehead atoms. The Balaban J connectivity index is 1.97. The van der Waals surface area contributed by atoms with Gasteiger partial charge in [-0.3, -0.25) is 9.59 Å². The van der Waals surface area contributed by atoms with Crippen molar-refractivity contribution in [3.63, 3.8) is 0 Å². The molecule has 1 aromatic carbocycles. The van der Waals surface area contributed by atoms with E-state index in [4.69, 9.17) is 4.74 Å². The topological polar surface area (TPSA) is 95.9 Å². The number of hydrogen-bond donors (Lipinski definition) is 2. The van der Waals surface area contributed by atoms with Gasteiger partial charge in [0.2, 0.25) is 5.91 Å². The maximum Gasteiger partial charge on any atom is 0.326 e. The second-order valence-electron chi connectivity index (χ2n) is 6.64. The van der Waals surface area contributed by atoms with Crippen molar-refractivity contribution >= 4 is 17.8 Å². The van der Waals surface area contributed by atoms with Gasteiger partial charge in [-0.2, -0.15) is 0 Å². The Hall–Kier alpha value is -2.41. The fraction of sp³-hybridized carbons (Fsp3) is 0.526. The molecule has 1 heterocycles. The largest absolute Gasteiger partial charge is 0.480 e. The van der Waals surface area contributed by atoms with Crippen molar-refractivity contribution in [2.75, 3.05) is 26.8 Å². The number of methoxy groups -OCH3 is 1. The highest BCUT2D eigenvalue weighted by Crippen LogP contribution is 2.19. The minimum absolute atomic E-state index is 0.100. The van der Waals surface area contributed by atoms with Crippen LogP contribution in [0, 0.1) is 12.8 Å². The minimum atomic E-state index is -1.08. The second-order valence-corrected chi connectivity index (χ2v) is 6.64. The predicted octanol–water partition coefficient (Wildman–Crippen LogP) is 1.45. The van der Waals surface area contributed by atoms with Gasteiger partial charge in [-0.25, -0.2) is 4.79 Å². The Morgan fingerprint density at radius 2 is 2.00 bits per heavy atom. The van der Waals surface area contributed by atoms with E-state index in [0.29, 0.717) is 31.5 Å². The summed E-state index contributed by atoms with van der Waals surface area (Å²) in [6, 6.07) is 6.35. The third-order valence-electron chi connectivity index (χ3n) is 4.60. The van der Waals surface area contributed by atoms with Gasteiger partial charge >= 0.3 is 5.97 Å². The number of nitrogens with zero attached hydrogens (tertiary/aromatic N) is 1. The number of aryl methyl sites for hydroxylation is 1. The number of aliphatic carboxylic acids is 1. The maximum atomic E-state index is 12.6. The van der Waals surface area contributed by atoms with E-state index >= 15 is 0 Å². The molecule has 0 radical (unpaired) electrons. The molecule has 7 heteroatoms. The third-order valence-corrected chi connectivity index (χ3v) is 4.60. The fourth-order valence-electron chi connectivity index (χ4n) is 3.04. The van der Waals surface area contributed by atoms with Crippen molar-refractivity contribution in [1.29, 1.82) is 0 Å². The standard InChI is InChI=1S/C19H26N2O5/c1-13-5-7-14(8-6-13)18(23)21-10-3-4-15(12-21)17(22)20-16(19(24)25)9-11-26-2/h5-8,15-16H,3-4,9-12H2,1-2H3,(H,20,22)(H,24,25). The summed E-state index contributed by atoms with van der Waals surface area (Å²) in [6.07, 6.45) is 1.56. The van der Waals surface area contributed by atoms with Crippen molar-refractivity contribution < 1.29 is 24.2 Å². The van der Waals surface area contributed by atoms with Crippen LogP contribution < -0.4 is 5.32 Å². The summed E-state index contributed by atoms with van der Waals surface area (Å²) in [7, 11) is 1.48. The first-order valence-corrected chi connectivity index (χ1v) is 8.80. The van der Waals surface area contributed by atoms with Crippen LogP contribution in [0.4, 0.5) is 0 Å². The molecule has 7 nitrogen and oxygen atoms in total. The van der Waals surface area contributed by atoms with Crippen LogP contribution in [0.2, 0.25) is 0 Å². The van der Waals surface area contributed by atoms with Gasteiger partial charge < -0.3 is 20.1 Å². The lowest BCUT2D eigenvalue weighted by atomic mass is 9.96. The number of ether oxygens (including phenoxy) is 1. The van der Waals surface area contributed by atoms with E-state index in [-0.39, 0.29) is 24.8 Å². The minimum Gasteiger partial charge on any atom is -0.480 e. The highest BCUT2D eigenvalue weighted by molar-refractivity contribution is 5.95. The number of likely N-dealkylation sites (tertiary alicyclic amines) is 1. The fourth-order valence-corrected chi connectivity index (χ4v) is 3.04. The molecule has 0 saturated carbocycles. The molecule has 2 unspecified atom stereocenters. The zero-order valence-electron chi connectivity index (χ0n) is 15.2. The summed E-state index contributed by atoms with van der Waals surface area (Å²) in [5.74, 6) is -1.91. The Morgan fingerprint density at radius 3 is 2.62 bits per heavy atom. The number of carboxylic acid groups (broad SMARTS) is 1. The van der Waals surface area contributed by atoms with Crippen LogP contribution in [-0.2, 0) is 14.3 Å². The van der Waals surface area contributed by atoms with E-state index < -0.39 is 17.9 Å². The van der Waals surface area contributed by atoms with Gasteiger partial charge in [-0.05, 0) is 31.9 Å². The monoisotopic (exact) mass is 362 g/mol. The molecule has 142 valence electrons. The average Bonchev–Trinajstić information content (AvgIpc) is 2.64. The molecule has 2 atom stereocenters. The lowest BCUT2D eigenvalue weighted by Gasteiger charge is -2.32. The normalized spacial score (nSPS) is 18.2. The van der Waals surface area contributed by atoms with Gasteiger partial charge in [0, 0.05) is 38.8 Å². The molecule has 1 saturated heterocycles. The van der Waals surface area contributed by atoms with Crippen molar-refractivity contribution in [1.82, 2.24) is 10.2 Å².